The highest BCUT2D eigenvalue weighted by molar-refractivity contribution is 9.46. The number of para-hydroxylation sites is 2. The molecule has 2 aromatic heterocycles. The van der Waals surface area contributed by atoms with E-state index in [0.29, 0.717) is 87.2 Å². The van der Waals surface area contributed by atoms with Crippen LogP contribution >= 0.6 is 93.4 Å². The molecule has 4 rings (SSSR count). The molecule has 8 nitrogen and oxygen atoms in total. The van der Waals surface area contributed by atoms with Crippen LogP contribution in [0, 0.1) is 35.5 Å². The van der Waals surface area contributed by atoms with Crippen molar-refractivity contribution < 1.29 is 26.6 Å². The molecule has 85 heavy (non-hydrogen) atoms. The van der Waals surface area contributed by atoms with Crippen LogP contribution in [0.2, 0.25) is 12.1 Å². The van der Waals surface area contributed by atoms with Crippen molar-refractivity contribution in [1.82, 2.24) is 9.97 Å². The smallest absolute Gasteiger partial charge is 0.373 e. The molecule has 4 aromatic rings. The molecule has 2 aromatic carbocycles. The Kier molecular flexibility index (Phi) is 43.9. The van der Waals surface area contributed by atoms with Crippen molar-refractivity contribution in [3.8, 4) is 0 Å². The molecule has 0 bridgehead atoms. The quantitative estimate of drug-likeness (QED) is 0.0239. The van der Waals surface area contributed by atoms with E-state index in [1.54, 1.807) is 0 Å². The molecule has 2 heterocycles. The minimum atomic E-state index is -3.30. The van der Waals surface area contributed by atoms with Gasteiger partial charge in [-0.2, -0.15) is 0 Å². The molecule has 0 fully saturated rings. The van der Waals surface area contributed by atoms with E-state index in [1.807, 2.05) is 93.4 Å². The zero-order chi connectivity index (χ0) is 61.4. The van der Waals surface area contributed by atoms with E-state index in [4.69, 9.17) is 36.5 Å². The van der Waals surface area contributed by atoms with E-state index in [-0.39, 0.29) is 10.5 Å². The average molecular weight is 1380 g/mol. The summed E-state index contributed by atoms with van der Waals surface area (Å²) in [6, 6.07) is 18.6. The van der Waals surface area contributed by atoms with Crippen molar-refractivity contribution in [2.24, 2.45) is 35.5 Å². The first-order chi connectivity index (χ1) is 41.5. The van der Waals surface area contributed by atoms with Crippen LogP contribution in [-0.2, 0) is 26.6 Å². The lowest BCUT2D eigenvalue weighted by Crippen LogP contribution is -2.49. The molecule has 0 aliphatic heterocycles. The highest BCUT2D eigenvalue weighted by Crippen LogP contribution is 2.61. The summed E-state index contributed by atoms with van der Waals surface area (Å²) < 4.78 is 47.0. The molecule has 0 amide bonds. The fraction of sp³-hybridized carbons (Fsp3) is 0.788. The van der Waals surface area contributed by atoms with Gasteiger partial charge in [0.15, 0.2) is 0 Å². The van der Waals surface area contributed by atoms with Crippen LogP contribution in [0.4, 0.5) is 0 Å². The van der Waals surface area contributed by atoms with Gasteiger partial charge in [-0.25, -0.2) is 9.97 Å². The first-order valence-electron chi connectivity index (χ1n) is 33.7. The van der Waals surface area contributed by atoms with Crippen molar-refractivity contribution in [1.29, 1.82) is 0 Å². The van der Waals surface area contributed by atoms with Gasteiger partial charge in [0, 0.05) is 51.7 Å². The Morgan fingerprint density at radius 1 is 0.353 bits per heavy atom. The lowest BCUT2D eigenvalue weighted by Gasteiger charge is -2.35. The molecule has 8 unspecified atom stereocenters. The van der Waals surface area contributed by atoms with Gasteiger partial charge in [0.1, 0.15) is 10.0 Å². The summed E-state index contributed by atoms with van der Waals surface area (Å²) in [5, 5.41) is 2.30. The minimum Gasteiger partial charge on any atom is -0.373 e. The van der Waals surface area contributed by atoms with Gasteiger partial charge in [-0.05, 0) is 147 Å². The Hall–Kier alpha value is 0.864. The SMILES string of the molecule is CCCCC(CC)CO[Si](CC(SSSSSSSC(C[Si](OCC(CC)CCCC)(OCC(CC)CCCC)OCC(CC)CCCC)c1nc2ccccc2s1)c1nc2ccccc2s1)(OCC(CC)CCCC)OCC(CC)CCCC. The maximum atomic E-state index is 7.42. The fourth-order valence-corrected chi connectivity index (χ4v) is 36.1. The number of benzene rings is 2. The Balaban J connectivity index is 1.67. The number of fused-ring (bicyclic) bond motifs is 2. The van der Waals surface area contributed by atoms with E-state index in [0.717, 1.165) is 59.6 Å². The topological polar surface area (TPSA) is 81.2 Å². The number of nitrogens with zero attached hydrogens (tertiary/aromatic N) is 2. The number of hydrogen-bond donors (Lipinski definition) is 0. The maximum absolute atomic E-state index is 7.42. The highest BCUT2D eigenvalue weighted by Gasteiger charge is 2.48. The molecule has 0 aliphatic rings. The van der Waals surface area contributed by atoms with E-state index >= 15 is 0 Å². The lowest BCUT2D eigenvalue weighted by atomic mass is 10.0. The molecule has 488 valence electrons. The zero-order valence-electron chi connectivity index (χ0n) is 54.9. The number of thiazole rings is 2. The van der Waals surface area contributed by atoms with Crippen molar-refractivity contribution in [2.45, 2.75) is 260 Å². The van der Waals surface area contributed by atoms with Gasteiger partial charge >= 0.3 is 17.6 Å². The summed E-state index contributed by atoms with van der Waals surface area (Å²) in [5.41, 5.74) is 2.11. The van der Waals surface area contributed by atoms with Crippen molar-refractivity contribution in [2.75, 3.05) is 39.6 Å². The highest BCUT2D eigenvalue weighted by atomic mass is 33.9. The summed E-state index contributed by atoms with van der Waals surface area (Å²) in [5.74, 6) is 2.85. The largest absolute Gasteiger partial charge is 0.502 e. The number of hydrogen-bond acceptors (Lipinski definition) is 17. The first kappa shape index (κ1) is 78.3. The van der Waals surface area contributed by atoms with Crippen molar-refractivity contribution >= 4 is 131 Å². The van der Waals surface area contributed by atoms with Gasteiger partial charge in [0.05, 0.1) is 30.9 Å². The molecule has 0 radical (unpaired) electrons. The monoisotopic (exact) mass is 1380 g/mol. The van der Waals surface area contributed by atoms with Crippen molar-refractivity contribution in [3.05, 3.63) is 58.5 Å². The molecule has 19 heteroatoms. The summed E-state index contributed by atoms with van der Waals surface area (Å²) >= 11 is 3.64. The third-order valence-electron chi connectivity index (χ3n) is 17.0. The van der Waals surface area contributed by atoms with Crippen LogP contribution < -0.4 is 0 Å². The molecule has 0 spiro atoms. The van der Waals surface area contributed by atoms with E-state index < -0.39 is 17.6 Å². The third-order valence-corrected chi connectivity index (χ3v) is 39.2. The van der Waals surface area contributed by atoms with E-state index in [2.05, 4.69) is 132 Å². The van der Waals surface area contributed by atoms with Crippen LogP contribution in [0.25, 0.3) is 20.4 Å². The zero-order valence-corrected chi connectivity index (χ0v) is 64.2. The van der Waals surface area contributed by atoms with E-state index in [1.165, 1.54) is 125 Å². The van der Waals surface area contributed by atoms with Gasteiger partial charge in [0.25, 0.3) is 0 Å². The van der Waals surface area contributed by atoms with Crippen LogP contribution in [0.3, 0.4) is 0 Å². The van der Waals surface area contributed by atoms with Crippen LogP contribution in [-0.4, -0.2) is 67.2 Å². The molecule has 0 saturated carbocycles. The van der Waals surface area contributed by atoms with Gasteiger partial charge in [-0.3, -0.25) is 0 Å². The molecule has 0 saturated heterocycles. The number of rotatable bonds is 56. The van der Waals surface area contributed by atoms with Gasteiger partial charge in [-0.15, -0.1) is 22.7 Å². The first-order valence-corrected chi connectivity index (χ1v) is 48.2. The number of unbranched alkanes of at least 4 members (excludes halogenated alkanes) is 6. The molecule has 0 aliphatic carbocycles. The van der Waals surface area contributed by atoms with Crippen LogP contribution in [0.5, 0.6) is 0 Å². The average Bonchev–Trinajstić information content (AvgIpc) is 3.48. The molecule has 0 N–H and O–H groups in total. The molecule has 8 atom stereocenters. The summed E-state index contributed by atoms with van der Waals surface area (Å²) in [7, 11) is 6.48. The standard InChI is InChI=1S/C66H116N2O6S9Si2/c1-13-25-35-53(19-7)45-69-84(70-46-54(20-8)36-26-14-2,71-47-55(21-9)37-27-15-3)51-63(65-67-59-41-31-33-43-61(59)75-65)77-79-81-83-82-80-78-64(66-68-60-42-32-34-44-62(60)76-66)52-85(72-48-56(22-10)38-28-16-4,73-49-57(23-11)39-29-17-5)74-50-58(24-12)40-30-18-6/h31-34,41-44,53-58,63-64H,13-30,35-40,45-52H2,1-12H3. The predicted molar refractivity (Wildman–Crippen MR) is 395 cm³/mol. The number of aromatic nitrogens is 2. The fourth-order valence-electron chi connectivity index (χ4n) is 10.5. The third kappa shape index (κ3) is 30.2. The van der Waals surface area contributed by atoms with Crippen LogP contribution in [0.1, 0.15) is 258 Å². The molecular formula is C66H116N2O6S9Si2. The Labute approximate surface area is 556 Å². The van der Waals surface area contributed by atoms with Gasteiger partial charge in [0.2, 0.25) is 0 Å². The Morgan fingerprint density at radius 2 is 0.600 bits per heavy atom. The maximum Gasteiger partial charge on any atom is 0.502 e. The van der Waals surface area contributed by atoms with Gasteiger partial charge < -0.3 is 26.6 Å². The summed E-state index contributed by atoms with van der Waals surface area (Å²) in [6.07, 6.45) is 28.0. The molecular weight excluding hydrogens is 1260 g/mol. The second-order valence-corrected chi connectivity index (χ2v) is 42.6. The van der Waals surface area contributed by atoms with Crippen molar-refractivity contribution in [3.63, 3.8) is 0 Å². The predicted octanol–water partition coefficient (Wildman–Crippen LogP) is 25.6. The second kappa shape index (κ2) is 47.7. The summed E-state index contributed by atoms with van der Waals surface area (Å²) in [4.78, 5) is 10.7. The minimum absolute atomic E-state index is 0.0238. The lowest BCUT2D eigenvalue weighted by molar-refractivity contribution is 0.0239. The second-order valence-electron chi connectivity index (χ2n) is 23.7. The normalized spacial score (nSPS) is 16.5. The summed E-state index contributed by atoms with van der Waals surface area (Å²) in [6.45, 7) is 31.8. The van der Waals surface area contributed by atoms with Gasteiger partial charge in [-0.1, -0.05) is 245 Å². The van der Waals surface area contributed by atoms with E-state index in [9.17, 15) is 0 Å². The van der Waals surface area contributed by atoms with Crippen LogP contribution in [0.15, 0.2) is 48.5 Å². The Morgan fingerprint density at radius 3 is 0.835 bits per heavy atom. The Bertz CT molecular complexity index is 1930.